The molecule has 6 heteroatoms. The number of benzene rings is 2. The second kappa shape index (κ2) is 8.11. The van der Waals surface area contributed by atoms with Gasteiger partial charge in [0.05, 0.1) is 29.4 Å². The summed E-state index contributed by atoms with van der Waals surface area (Å²) in [6.45, 7) is 0.849. The molecule has 0 aliphatic heterocycles. The van der Waals surface area contributed by atoms with Crippen molar-refractivity contribution in [3.8, 4) is 24.7 Å². The minimum atomic E-state index is -0.461. The lowest BCUT2D eigenvalue weighted by Crippen LogP contribution is -2.23. The lowest BCUT2D eigenvalue weighted by atomic mass is 10.2. The second-order valence-corrected chi connectivity index (χ2v) is 4.75. The Balaban J connectivity index is 2.09. The molecule has 0 N–H and O–H groups in total. The number of anilines is 1. The SMILES string of the molecule is C#CCN(CC#C)c1ccc(N=Nc2ccc([N+](=O)[O-])cc2)cc1. The first-order valence-corrected chi connectivity index (χ1v) is 7.02. The third-order valence-corrected chi connectivity index (χ3v) is 3.12. The Morgan fingerprint density at radius 1 is 0.917 bits per heavy atom. The van der Waals surface area contributed by atoms with Crippen molar-refractivity contribution in [3.63, 3.8) is 0 Å². The van der Waals surface area contributed by atoms with Crippen LogP contribution in [0.3, 0.4) is 0 Å². The number of rotatable bonds is 6. The van der Waals surface area contributed by atoms with Gasteiger partial charge in [0, 0.05) is 17.8 Å². The van der Waals surface area contributed by atoms with Crippen molar-refractivity contribution in [1.82, 2.24) is 0 Å². The summed E-state index contributed by atoms with van der Waals surface area (Å²) in [5.41, 5.74) is 2.10. The monoisotopic (exact) mass is 318 g/mol. The molecule has 0 radical (unpaired) electrons. The predicted octanol–water partition coefficient (Wildman–Crippen LogP) is 4.08. The van der Waals surface area contributed by atoms with Crippen LogP contribution in [0.25, 0.3) is 0 Å². The van der Waals surface area contributed by atoms with Crippen LogP contribution < -0.4 is 4.90 Å². The number of nitro benzene ring substituents is 1. The van der Waals surface area contributed by atoms with E-state index in [4.69, 9.17) is 12.8 Å². The van der Waals surface area contributed by atoms with Crippen molar-refractivity contribution in [2.75, 3.05) is 18.0 Å². The van der Waals surface area contributed by atoms with E-state index in [1.807, 2.05) is 17.0 Å². The van der Waals surface area contributed by atoms with Crippen LogP contribution in [0.4, 0.5) is 22.7 Å². The molecule has 2 aromatic carbocycles. The number of nitro groups is 1. The largest absolute Gasteiger partial charge is 0.349 e. The van der Waals surface area contributed by atoms with Crippen LogP contribution in [0, 0.1) is 34.8 Å². The normalized spacial score (nSPS) is 10.1. The minimum absolute atomic E-state index is 0.0143. The molecular formula is C18H14N4O2. The quantitative estimate of drug-likeness (QED) is 0.349. The Hall–Kier alpha value is -3.64. The maximum Gasteiger partial charge on any atom is 0.269 e. The van der Waals surface area contributed by atoms with Crippen molar-refractivity contribution in [1.29, 1.82) is 0 Å². The fourth-order valence-electron chi connectivity index (χ4n) is 1.95. The standard InChI is InChI=1S/C18H14N4O2/c1-3-13-21(14-4-2)17-9-5-15(6-10-17)19-20-16-7-11-18(12-8-16)22(23)24/h1-2,5-12H,13-14H2. The Morgan fingerprint density at radius 3 is 1.79 bits per heavy atom. The van der Waals surface area contributed by atoms with Gasteiger partial charge in [0.2, 0.25) is 0 Å². The van der Waals surface area contributed by atoms with E-state index in [2.05, 4.69) is 22.1 Å². The molecule has 0 atom stereocenters. The fourth-order valence-corrected chi connectivity index (χ4v) is 1.95. The van der Waals surface area contributed by atoms with Gasteiger partial charge in [-0.2, -0.15) is 10.2 Å². The molecule has 0 saturated heterocycles. The van der Waals surface area contributed by atoms with Crippen LogP contribution in [-0.2, 0) is 0 Å². The molecule has 0 bridgehead atoms. The van der Waals surface area contributed by atoms with Gasteiger partial charge in [-0.3, -0.25) is 10.1 Å². The number of azo groups is 1. The molecule has 0 aliphatic carbocycles. The Kier molecular flexibility index (Phi) is 5.65. The first kappa shape index (κ1) is 16.7. The predicted molar refractivity (Wildman–Crippen MR) is 93.6 cm³/mol. The summed E-state index contributed by atoms with van der Waals surface area (Å²) < 4.78 is 0. The first-order valence-electron chi connectivity index (χ1n) is 7.02. The minimum Gasteiger partial charge on any atom is -0.349 e. The van der Waals surface area contributed by atoms with Crippen LogP contribution in [0.5, 0.6) is 0 Å². The number of nitrogens with zero attached hydrogens (tertiary/aromatic N) is 4. The molecule has 0 heterocycles. The highest BCUT2D eigenvalue weighted by Gasteiger charge is 2.04. The molecule has 24 heavy (non-hydrogen) atoms. The maximum atomic E-state index is 10.6. The molecule has 0 fully saturated rings. The van der Waals surface area contributed by atoms with E-state index in [0.29, 0.717) is 24.5 Å². The molecule has 2 rings (SSSR count). The van der Waals surface area contributed by atoms with Crippen LogP contribution in [0.2, 0.25) is 0 Å². The zero-order chi connectivity index (χ0) is 17.4. The van der Waals surface area contributed by atoms with Crippen molar-refractivity contribution in [2.45, 2.75) is 0 Å². The van der Waals surface area contributed by atoms with E-state index in [9.17, 15) is 10.1 Å². The van der Waals surface area contributed by atoms with Crippen LogP contribution in [0.15, 0.2) is 58.8 Å². The molecule has 0 unspecified atom stereocenters. The van der Waals surface area contributed by atoms with E-state index in [-0.39, 0.29) is 5.69 Å². The molecule has 6 nitrogen and oxygen atoms in total. The van der Waals surface area contributed by atoms with Gasteiger partial charge in [-0.25, -0.2) is 0 Å². The van der Waals surface area contributed by atoms with Crippen molar-refractivity contribution in [3.05, 3.63) is 58.6 Å². The van der Waals surface area contributed by atoms with Gasteiger partial charge in [-0.15, -0.1) is 12.8 Å². The first-order chi connectivity index (χ1) is 11.6. The zero-order valence-corrected chi connectivity index (χ0v) is 12.8. The number of non-ortho nitro benzene ring substituents is 1. The fraction of sp³-hybridized carbons (Fsp3) is 0.111. The number of hydrogen-bond donors (Lipinski definition) is 0. The highest BCUT2D eigenvalue weighted by molar-refractivity contribution is 5.54. The lowest BCUT2D eigenvalue weighted by molar-refractivity contribution is -0.384. The van der Waals surface area contributed by atoms with Gasteiger partial charge < -0.3 is 4.90 Å². The van der Waals surface area contributed by atoms with Gasteiger partial charge >= 0.3 is 0 Å². The number of hydrogen-bond acceptors (Lipinski definition) is 5. The topological polar surface area (TPSA) is 71.1 Å². The highest BCUT2D eigenvalue weighted by Crippen LogP contribution is 2.23. The summed E-state index contributed by atoms with van der Waals surface area (Å²) in [7, 11) is 0. The Labute approximate surface area is 140 Å². The molecule has 0 spiro atoms. The third kappa shape index (κ3) is 4.43. The van der Waals surface area contributed by atoms with Crippen molar-refractivity contribution >= 4 is 22.7 Å². The molecule has 2 aromatic rings. The van der Waals surface area contributed by atoms with Crippen LogP contribution in [0.1, 0.15) is 0 Å². The molecule has 0 aromatic heterocycles. The van der Waals surface area contributed by atoms with E-state index in [0.717, 1.165) is 5.69 Å². The van der Waals surface area contributed by atoms with E-state index in [1.165, 1.54) is 24.3 Å². The van der Waals surface area contributed by atoms with Crippen molar-refractivity contribution < 1.29 is 4.92 Å². The lowest BCUT2D eigenvalue weighted by Gasteiger charge is -2.19. The van der Waals surface area contributed by atoms with Gasteiger partial charge in [0.25, 0.3) is 5.69 Å². The Morgan fingerprint density at radius 2 is 1.38 bits per heavy atom. The zero-order valence-electron chi connectivity index (χ0n) is 12.8. The van der Waals surface area contributed by atoms with Gasteiger partial charge in [0.1, 0.15) is 0 Å². The van der Waals surface area contributed by atoms with Crippen LogP contribution >= 0.6 is 0 Å². The summed E-state index contributed by atoms with van der Waals surface area (Å²) >= 11 is 0. The Bertz CT molecular complexity index is 796. The summed E-state index contributed by atoms with van der Waals surface area (Å²) in [5.74, 6) is 5.13. The molecular weight excluding hydrogens is 304 g/mol. The highest BCUT2D eigenvalue weighted by atomic mass is 16.6. The third-order valence-electron chi connectivity index (χ3n) is 3.12. The summed E-state index contributed by atoms with van der Waals surface area (Å²) in [5, 5.41) is 18.7. The van der Waals surface area contributed by atoms with Gasteiger partial charge in [-0.1, -0.05) is 11.8 Å². The summed E-state index contributed by atoms with van der Waals surface area (Å²) in [6.07, 6.45) is 10.7. The summed E-state index contributed by atoms with van der Waals surface area (Å²) in [6, 6.07) is 13.2. The second-order valence-electron chi connectivity index (χ2n) is 4.75. The molecule has 0 amide bonds. The van der Waals surface area contributed by atoms with Crippen molar-refractivity contribution in [2.24, 2.45) is 10.2 Å². The molecule has 118 valence electrons. The van der Waals surface area contributed by atoms with E-state index < -0.39 is 4.92 Å². The number of terminal acetylenes is 2. The van der Waals surface area contributed by atoms with Gasteiger partial charge in [0.15, 0.2) is 0 Å². The smallest absolute Gasteiger partial charge is 0.269 e. The average Bonchev–Trinajstić information content (AvgIpc) is 2.60. The van der Waals surface area contributed by atoms with Gasteiger partial charge in [-0.05, 0) is 36.4 Å². The average molecular weight is 318 g/mol. The van der Waals surface area contributed by atoms with E-state index >= 15 is 0 Å². The van der Waals surface area contributed by atoms with E-state index in [1.54, 1.807) is 12.1 Å². The maximum absolute atomic E-state index is 10.6. The molecule has 0 saturated carbocycles. The summed E-state index contributed by atoms with van der Waals surface area (Å²) in [4.78, 5) is 12.0. The molecule has 0 aliphatic rings. The van der Waals surface area contributed by atoms with Crippen LogP contribution in [-0.4, -0.2) is 18.0 Å².